The number of likely N-dealkylation sites (N-methyl/N-ethyl adjacent to an activating group) is 1. The predicted octanol–water partition coefficient (Wildman–Crippen LogP) is 2.41. The number of ether oxygens (including phenoxy) is 1. The lowest BCUT2D eigenvalue weighted by molar-refractivity contribution is -0.157. The Balaban J connectivity index is 2.85. The number of carbonyl (C=O) groups is 4. The average Bonchev–Trinajstić information content (AvgIpc) is 2.80. The number of nitrogen functional groups attached to an aromatic ring is 1. The van der Waals surface area contributed by atoms with Gasteiger partial charge in [-0.15, -0.1) is 16.8 Å². The lowest BCUT2D eigenvalue weighted by Gasteiger charge is -2.24. The minimum Gasteiger partial charge on any atom is -0.469 e. The lowest BCUT2D eigenvalue weighted by atomic mass is 9.98. The summed E-state index contributed by atoms with van der Waals surface area (Å²) in [5.41, 5.74) is 6.33. The van der Waals surface area contributed by atoms with Crippen molar-refractivity contribution < 1.29 is 29.1 Å². The van der Waals surface area contributed by atoms with Crippen LogP contribution in [0.5, 0.6) is 0 Å². The second kappa shape index (κ2) is 14.4. The van der Waals surface area contributed by atoms with Gasteiger partial charge in [-0.1, -0.05) is 20.3 Å². The van der Waals surface area contributed by atoms with Crippen molar-refractivity contribution in [2.75, 3.05) is 25.6 Å². The van der Waals surface area contributed by atoms with Crippen molar-refractivity contribution in [1.82, 2.24) is 15.7 Å². The van der Waals surface area contributed by atoms with Gasteiger partial charge in [-0.05, 0) is 43.0 Å². The zero-order chi connectivity index (χ0) is 25.0. The van der Waals surface area contributed by atoms with Gasteiger partial charge in [-0.25, -0.2) is 4.79 Å². The largest absolute Gasteiger partial charge is 0.469 e. The molecule has 0 aliphatic heterocycles. The van der Waals surface area contributed by atoms with Gasteiger partial charge >= 0.3 is 12.0 Å². The summed E-state index contributed by atoms with van der Waals surface area (Å²) < 4.78 is 4.55. The molecule has 0 aromatic heterocycles. The molecular weight excluding hydrogens is 448 g/mol. The first-order valence-electron chi connectivity index (χ1n) is 10.7. The number of nitrogens with two attached hydrogens (primary N) is 1. The van der Waals surface area contributed by atoms with Crippen LogP contribution in [0.1, 0.15) is 39.5 Å². The van der Waals surface area contributed by atoms with Crippen LogP contribution in [0.25, 0.3) is 0 Å². The summed E-state index contributed by atoms with van der Waals surface area (Å²) >= 11 is 1.42. The maximum absolute atomic E-state index is 12.9. The summed E-state index contributed by atoms with van der Waals surface area (Å²) in [6.45, 7) is 4.04. The molecule has 1 aromatic rings. The fraction of sp³-hybridized carbons (Fsp3) is 0.545. The number of nitrogens with one attached hydrogen (secondary N) is 2. The van der Waals surface area contributed by atoms with Crippen LogP contribution in [-0.4, -0.2) is 60.0 Å². The van der Waals surface area contributed by atoms with Crippen LogP contribution >= 0.6 is 11.8 Å². The summed E-state index contributed by atoms with van der Waals surface area (Å²) in [6.07, 6.45) is 1.03. The molecule has 0 aliphatic rings. The van der Waals surface area contributed by atoms with Crippen LogP contribution in [-0.2, 0) is 19.1 Å². The minimum absolute atomic E-state index is 0.0165. The zero-order valence-corrected chi connectivity index (χ0v) is 20.3. The van der Waals surface area contributed by atoms with Gasteiger partial charge in [0.05, 0.1) is 13.0 Å². The molecule has 0 spiro atoms. The van der Waals surface area contributed by atoms with E-state index in [4.69, 9.17) is 5.73 Å². The van der Waals surface area contributed by atoms with E-state index in [2.05, 4.69) is 15.4 Å². The van der Waals surface area contributed by atoms with Crippen molar-refractivity contribution in [3.63, 3.8) is 0 Å². The first-order chi connectivity index (χ1) is 15.6. The Bertz CT molecular complexity index is 803. The topological polar surface area (TPSA) is 151 Å². The third-order valence-electron chi connectivity index (χ3n) is 4.90. The Kier molecular flexibility index (Phi) is 12.3. The SMILES string of the molecule is CNC(=O)[C@H](CCC(=O)OC)NC(=O)N(O)C(=O)[C@H](CCC(C)C)CSc1ccc(N)cc1. The van der Waals surface area contributed by atoms with Gasteiger partial charge in [0.15, 0.2) is 0 Å². The first kappa shape index (κ1) is 28.2. The number of amides is 4. The van der Waals surface area contributed by atoms with Crippen LogP contribution in [0.4, 0.5) is 10.5 Å². The highest BCUT2D eigenvalue weighted by Crippen LogP contribution is 2.26. The Hall–Kier alpha value is -2.79. The molecule has 0 saturated heterocycles. The van der Waals surface area contributed by atoms with Gasteiger partial charge in [0.2, 0.25) is 5.91 Å². The van der Waals surface area contributed by atoms with Crippen molar-refractivity contribution >= 4 is 41.3 Å². The maximum Gasteiger partial charge on any atom is 0.349 e. The van der Waals surface area contributed by atoms with E-state index in [9.17, 15) is 24.4 Å². The van der Waals surface area contributed by atoms with E-state index in [0.717, 1.165) is 11.3 Å². The van der Waals surface area contributed by atoms with Crippen molar-refractivity contribution in [1.29, 1.82) is 0 Å². The highest BCUT2D eigenvalue weighted by Gasteiger charge is 2.31. The lowest BCUT2D eigenvalue weighted by Crippen LogP contribution is -2.52. The van der Waals surface area contributed by atoms with E-state index in [1.807, 2.05) is 26.0 Å². The van der Waals surface area contributed by atoms with E-state index in [1.165, 1.54) is 25.9 Å². The van der Waals surface area contributed by atoms with Crippen molar-refractivity contribution in [3.05, 3.63) is 24.3 Å². The van der Waals surface area contributed by atoms with E-state index < -0.39 is 35.8 Å². The molecule has 4 amide bonds. The number of carbonyl (C=O) groups excluding carboxylic acids is 4. The second-order valence-electron chi connectivity index (χ2n) is 7.93. The van der Waals surface area contributed by atoms with Crippen molar-refractivity contribution in [2.24, 2.45) is 11.8 Å². The number of thioether (sulfide) groups is 1. The number of benzene rings is 1. The molecule has 1 rings (SSSR count). The molecule has 11 heteroatoms. The molecule has 2 atom stereocenters. The molecular formula is C22H34N4O6S. The number of rotatable bonds is 12. The standard InChI is InChI=1S/C22H34N4O6S/c1-14(2)5-6-15(13-33-17-9-7-16(23)8-10-17)21(29)26(31)22(30)25-18(20(28)24-3)11-12-19(27)32-4/h7-10,14-15,18,31H,5-6,11-13,23H2,1-4H3,(H,24,28)(H,25,30)/t15-,18+/m1/s1. The molecule has 0 fully saturated rings. The third-order valence-corrected chi connectivity index (χ3v) is 6.07. The van der Waals surface area contributed by atoms with Crippen LogP contribution in [0.2, 0.25) is 0 Å². The minimum atomic E-state index is -1.13. The number of hydrogen-bond acceptors (Lipinski definition) is 8. The van der Waals surface area contributed by atoms with Crippen LogP contribution < -0.4 is 16.4 Å². The zero-order valence-electron chi connectivity index (χ0n) is 19.5. The molecule has 1 aromatic carbocycles. The highest BCUT2D eigenvalue weighted by molar-refractivity contribution is 7.99. The van der Waals surface area contributed by atoms with Gasteiger partial charge in [0, 0.05) is 29.8 Å². The van der Waals surface area contributed by atoms with Crippen LogP contribution in [0.15, 0.2) is 29.2 Å². The average molecular weight is 483 g/mol. The molecule has 33 heavy (non-hydrogen) atoms. The quantitative estimate of drug-likeness (QED) is 0.117. The van der Waals surface area contributed by atoms with E-state index in [1.54, 1.807) is 12.1 Å². The van der Waals surface area contributed by atoms with Crippen LogP contribution in [0, 0.1) is 11.8 Å². The van der Waals surface area contributed by atoms with Gasteiger partial charge in [0.25, 0.3) is 5.91 Å². The molecule has 0 unspecified atom stereocenters. The molecule has 10 nitrogen and oxygen atoms in total. The number of nitrogens with zero attached hydrogens (tertiary/aromatic N) is 1. The fourth-order valence-corrected chi connectivity index (χ4v) is 3.90. The fourth-order valence-electron chi connectivity index (χ4n) is 2.86. The molecule has 184 valence electrons. The summed E-state index contributed by atoms with van der Waals surface area (Å²) in [5, 5.41) is 15.0. The summed E-state index contributed by atoms with van der Waals surface area (Å²) in [7, 11) is 2.58. The Labute approximate surface area is 198 Å². The Morgan fingerprint density at radius 2 is 1.76 bits per heavy atom. The normalized spacial score (nSPS) is 12.5. The summed E-state index contributed by atoms with van der Waals surface area (Å²) in [4.78, 5) is 49.8. The second-order valence-corrected chi connectivity index (χ2v) is 9.02. The smallest absolute Gasteiger partial charge is 0.349 e. The first-order valence-corrected chi connectivity index (χ1v) is 11.7. The predicted molar refractivity (Wildman–Crippen MR) is 125 cm³/mol. The Morgan fingerprint density at radius 3 is 2.30 bits per heavy atom. The number of hydroxylamine groups is 2. The number of anilines is 1. The third kappa shape index (κ3) is 10.1. The molecule has 5 N–H and O–H groups in total. The van der Waals surface area contributed by atoms with Gasteiger partial charge in [0.1, 0.15) is 6.04 Å². The monoisotopic (exact) mass is 482 g/mol. The van der Waals surface area contributed by atoms with Crippen molar-refractivity contribution in [3.8, 4) is 0 Å². The van der Waals surface area contributed by atoms with E-state index in [0.29, 0.717) is 23.8 Å². The van der Waals surface area contributed by atoms with E-state index >= 15 is 0 Å². The highest BCUT2D eigenvalue weighted by atomic mass is 32.2. The Morgan fingerprint density at radius 1 is 1.12 bits per heavy atom. The maximum atomic E-state index is 12.9. The molecule has 0 radical (unpaired) electrons. The van der Waals surface area contributed by atoms with Gasteiger partial charge < -0.3 is 21.1 Å². The van der Waals surface area contributed by atoms with Crippen LogP contribution in [0.3, 0.4) is 0 Å². The number of hydrogen-bond donors (Lipinski definition) is 4. The summed E-state index contributed by atoms with van der Waals surface area (Å²) in [6, 6.07) is 4.93. The molecule has 0 bridgehead atoms. The van der Waals surface area contributed by atoms with E-state index in [-0.39, 0.29) is 17.9 Å². The number of urea groups is 1. The molecule has 0 heterocycles. The van der Waals surface area contributed by atoms with Gasteiger partial charge in [-0.2, -0.15) is 0 Å². The number of methoxy groups -OCH3 is 1. The number of imide groups is 1. The van der Waals surface area contributed by atoms with Crippen molar-refractivity contribution in [2.45, 2.75) is 50.5 Å². The molecule has 0 saturated carbocycles. The van der Waals surface area contributed by atoms with Gasteiger partial charge in [-0.3, -0.25) is 19.6 Å². The number of esters is 1. The summed E-state index contributed by atoms with van der Waals surface area (Å²) in [5.74, 6) is -1.83. The molecule has 0 aliphatic carbocycles.